The molecule has 17 heavy (non-hydrogen) atoms. The molecule has 0 aromatic carbocycles. The van der Waals surface area contributed by atoms with E-state index in [1.807, 2.05) is 18.3 Å². The molecular weight excluding hydrogens is 296 g/mol. The van der Waals surface area contributed by atoms with Gasteiger partial charge in [-0.1, -0.05) is 6.07 Å². The molecule has 2 heterocycles. The summed E-state index contributed by atoms with van der Waals surface area (Å²) < 4.78 is 1.17. The van der Waals surface area contributed by atoms with Gasteiger partial charge in [0.1, 0.15) is 0 Å². The molecule has 0 amide bonds. The van der Waals surface area contributed by atoms with Crippen molar-refractivity contribution in [3.8, 4) is 0 Å². The maximum absolute atomic E-state index is 4.36. The molecular formula is C13H15BrN2S. The minimum Gasteiger partial charge on any atom is -0.301 e. The van der Waals surface area contributed by atoms with Crippen LogP contribution in [0.2, 0.25) is 0 Å². The van der Waals surface area contributed by atoms with Crippen LogP contribution < -0.4 is 5.32 Å². The first-order chi connectivity index (χ1) is 8.16. The monoisotopic (exact) mass is 310 g/mol. The summed E-state index contributed by atoms with van der Waals surface area (Å²) in [5.41, 5.74) is 1.08. The fourth-order valence-corrected chi connectivity index (χ4v) is 3.17. The highest BCUT2D eigenvalue weighted by molar-refractivity contribution is 9.11. The van der Waals surface area contributed by atoms with E-state index < -0.39 is 0 Å². The molecule has 2 rings (SSSR count). The van der Waals surface area contributed by atoms with Crippen LogP contribution in [0.1, 0.15) is 36.5 Å². The molecule has 0 fully saturated rings. The van der Waals surface area contributed by atoms with E-state index in [1.165, 1.54) is 8.66 Å². The van der Waals surface area contributed by atoms with Gasteiger partial charge in [-0.15, -0.1) is 11.3 Å². The van der Waals surface area contributed by atoms with Crippen LogP contribution in [-0.4, -0.2) is 4.98 Å². The van der Waals surface area contributed by atoms with Crippen molar-refractivity contribution in [2.45, 2.75) is 25.9 Å². The number of nitrogens with one attached hydrogen (secondary N) is 1. The van der Waals surface area contributed by atoms with Crippen LogP contribution in [0.15, 0.2) is 40.3 Å². The average Bonchev–Trinajstić information content (AvgIpc) is 2.77. The van der Waals surface area contributed by atoms with Crippen LogP contribution in [0, 0.1) is 0 Å². The number of hydrogen-bond donors (Lipinski definition) is 1. The van der Waals surface area contributed by atoms with Crippen LogP contribution in [0.5, 0.6) is 0 Å². The van der Waals surface area contributed by atoms with Crippen LogP contribution >= 0.6 is 27.3 Å². The molecule has 1 unspecified atom stereocenters. The van der Waals surface area contributed by atoms with Gasteiger partial charge in [-0.25, -0.2) is 0 Å². The molecule has 2 aromatic rings. The Labute approximate surface area is 114 Å². The van der Waals surface area contributed by atoms with E-state index in [2.05, 4.69) is 58.3 Å². The van der Waals surface area contributed by atoms with Gasteiger partial charge in [0.2, 0.25) is 0 Å². The second-order valence-electron chi connectivity index (χ2n) is 4.01. The molecule has 0 saturated heterocycles. The largest absolute Gasteiger partial charge is 0.301 e. The summed E-state index contributed by atoms with van der Waals surface area (Å²) in [5.74, 6) is 0. The lowest BCUT2D eigenvalue weighted by Crippen LogP contribution is -2.22. The third-order valence-corrected chi connectivity index (χ3v) is 4.46. The quantitative estimate of drug-likeness (QED) is 0.909. The van der Waals surface area contributed by atoms with E-state index in [0.717, 1.165) is 5.69 Å². The Morgan fingerprint density at radius 1 is 1.18 bits per heavy atom. The number of rotatable bonds is 4. The molecule has 90 valence electrons. The number of hydrogen-bond acceptors (Lipinski definition) is 3. The normalized spacial score (nSPS) is 14.5. The Morgan fingerprint density at radius 2 is 2.00 bits per heavy atom. The highest BCUT2D eigenvalue weighted by atomic mass is 79.9. The van der Waals surface area contributed by atoms with E-state index >= 15 is 0 Å². The Hall–Kier alpha value is -0.710. The average molecular weight is 311 g/mol. The van der Waals surface area contributed by atoms with Gasteiger partial charge in [0.25, 0.3) is 0 Å². The van der Waals surface area contributed by atoms with Crippen molar-refractivity contribution in [3.63, 3.8) is 0 Å². The van der Waals surface area contributed by atoms with E-state index in [-0.39, 0.29) is 6.04 Å². The lowest BCUT2D eigenvalue weighted by molar-refractivity contribution is 0.491. The van der Waals surface area contributed by atoms with Crippen molar-refractivity contribution in [2.75, 3.05) is 0 Å². The Kier molecular flexibility index (Phi) is 4.31. The smallest absolute Gasteiger partial charge is 0.0701 e. The highest BCUT2D eigenvalue weighted by Gasteiger charge is 2.13. The molecule has 1 N–H and O–H groups in total. The van der Waals surface area contributed by atoms with Gasteiger partial charge in [0.05, 0.1) is 9.48 Å². The van der Waals surface area contributed by atoms with Crippen LogP contribution in [0.25, 0.3) is 0 Å². The van der Waals surface area contributed by atoms with Gasteiger partial charge in [0, 0.05) is 23.2 Å². The predicted octanol–water partition coefficient (Wildman–Crippen LogP) is 4.32. The van der Waals surface area contributed by atoms with Crippen molar-refractivity contribution in [2.24, 2.45) is 0 Å². The van der Waals surface area contributed by atoms with Crippen molar-refractivity contribution >= 4 is 27.3 Å². The SMILES string of the molecule is CC(N[C@@H](C)c1ccccn1)c1ccc(Br)s1. The molecule has 0 aliphatic heterocycles. The number of thiophene rings is 1. The zero-order valence-electron chi connectivity index (χ0n) is 9.85. The first-order valence-electron chi connectivity index (χ1n) is 5.59. The molecule has 0 bridgehead atoms. The first kappa shape index (κ1) is 12.7. The minimum absolute atomic E-state index is 0.257. The zero-order valence-corrected chi connectivity index (χ0v) is 12.3. The topological polar surface area (TPSA) is 24.9 Å². The van der Waals surface area contributed by atoms with E-state index in [9.17, 15) is 0 Å². The Bertz CT molecular complexity index is 469. The molecule has 0 spiro atoms. The van der Waals surface area contributed by atoms with Crippen molar-refractivity contribution in [1.29, 1.82) is 0 Å². The van der Waals surface area contributed by atoms with Gasteiger partial charge in [0.15, 0.2) is 0 Å². The molecule has 0 saturated carbocycles. The Morgan fingerprint density at radius 3 is 2.59 bits per heavy atom. The summed E-state index contributed by atoms with van der Waals surface area (Å²) in [7, 11) is 0. The third-order valence-electron chi connectivity index (χ3n) is 2.65. The summed E-state index contributed by atoms with van der Waals surface area (Å²) in [4.78, 5) is 5.70. The second-order valence-corrected chi connectivity index (χ2v) is 6.50. The van der Waals surface area contributed by atoms with E-state index in [4.69, 9.17) is 0 Å². The summed E-state index contributed by atoms with van der Waals surface area (Å²) in [6.45, 7) is 4.32. The molecule has 2 atom stereocenters. The predicted molar refractivity (Wildman–Crippen MR) is 76.2 cm³/mol. The lowest BCUT2D eigenvalue weighted by atomic mass is 10.1. The fourth-order valence-electron chi connectivity index (χ4n) is 1.74. The number of halogens is 1. The molecule has 4 heteroatoms. The van der Waals surface area contributed by atoms with E-state index in [1.54, 1.807) is 11.3 Å². The van der Waals surface area contributed by atoms with Crippen LogP contribution in [-0.2, 0) is 0 Å². The summed E-state index contributed by atoms with van der Waals surface area (Å²) >= 11 is 5.26. The van der Waals surface area contributed by atoms with Gasteiger partial charge in [-0.05, 0) is 54.0 Å². The lowest BCUT2D eigenvalue weighted by Gasteiger charge is -2.18. The standard InChI is InChI=1S/C13H15BrN2S/c1-9(11-5-3-4-8-15-11)16-10(2)12-6-7-13(14)17-12/h3-10,16H,1-2H3/t9-,10?/m0/s1. The molecule has 0 aliphatic carbocycles. The molecule has 0 radical (unpaired) electrons. The third kappa shape index (κ3) is 3.37. The van der Waals surface area contributed by atoms with Gasteiger partial charge >= 0.3 is 0 Å². The van der Waals surface area contributed by atoms with Gasteiger partial charge < -0.3 is 5.32 Å². The molecule has 0 aliphatic rings. The van der Waals surface area contributed by atoms with Gasteiger partial charge in [-0.3, -0.25) is 4.98 Å². The first-order valence-corrected chi connectivity index (χ1v) is 7.20. The molecule has 2 nitrogen and oxygen atoms in total. The Balaban J connectivity index is 2.02. The zero-order chi connectivity index (χ0) is 12.3. The molecule has 2 aromatic heterocycles. The maximum atomic E-state index is 4.36. The summed E-state index contributed by atoms with van der Waals surface area (Å²) in [6, 6.07) is 10.8. The maximum Gasteiger partial charge on any atom is 0.0701 e. The number of aromatic nitrogens is 1. The summed E-state index contributed by atoms with van der Waals surface area (Å²) in [5, 5.41) is 3.55. The van der Waals surface area contributed by atoms with E-state index in [0.29, 0.717) is 6.04 Å². The fraction of sp³-hybridized carbons (Fsp3) is 0.308. The van der Waals surface area contributed by atoms with Gasteiger partial charge in [-0.2, -0.15) is 0 Å². The number of pyridine rings is 1. The highest BCUT2D eigenvalue weighted by Crippen LogP contribution is 2.28. The van der Waals surface area contributed by atoms with Crippen molar-refractivity contribution in [1.82, 2.24) is 10.3 Å². The second kappa shape index (κ2) is 5.76. The minimum atomic E-state index is 0.257. The van der Waals surface area contributed by atoms with Crippen LogP contribution in [0.4, 0.5) is 0 Å². The van der Waals surface area contributed by atoms with Crippen molar-refractivity contribution < 1.29 is 0 Å². The number of nitrogens with zero attached hydrogens (tertiary/aromatic N) is 1. The van der Waals surface area contributed by atoms with Crippen molar-refractivity contribution in [3.05, 3.63) is 50.9 Å². The van der Waals surface area contributed by atoms with Crippen LogP contribution in [0.3, 0.4) is 0 Å². The summed E-state index contributed by atoms with van der Waals surface area (Å²) in [6.07, 6.45) is 1.83.